The van der Waals surface area contributed by atoms with E-state index in [2.05, 4.69) is 15.6 Å². The lowest BCUT2D eigenvalue weighted by molar-refractivity contribution is -0.274. The molecule has 2 aliphatic heterocycles. The van der Waals surface area contributed by atoms with Gasteiger partial charge in [0, 0.05) is 42.9 Å². The fraction of sp³-hybridized carbons (Fsp3) is 0.419. The number of hydrogen-bond acceptors (Lipinski definition) is 11. The van der Waals surface area contributed by atoms with Crippen molar-refractivity contribution in [1.82, 2.24) is 15.0 Å². The van der Waals surface area contributed by atoms with Crippen LogP contribution in [0.5, 0.6) is 0 Å². The van der Waals surface area contributed by atoms with Gasteiger partial charge in [0.25, 0.3) is 11.8 Å². The minimum absolute atomic E-state index is 0.00590. The molecule has 0 unspecified atom stereocenters. The standard InChI is InChI=1S/C31H37N5O9/c1-18(7-4-5-13-35-17-21(12-14-37)33-34-35)31(44)22-10-2-3-11-23(22)36(30(31)43)16-19-8-6-9-20(15-19)32-28(41)27-25(39)24(38)26(40)29(42)45-27/h2-4,6-11,15,17-18,24-27,29,37-40,42,44H,5,12-14,16H2,1H3,(H,32,41)/b7-4+/t18-,24+,25+,26-,27+,29-,31+/m1/s1. The number of fused-ring (bicyclic) bond motifs is 1. The van der Waals surface area contributed by atoms with Crippen LogP contribution in [0.4, 0.5) is 11.4 Å². The fourth-order valence-electron chi connectivity index (χ4n) is 5.60. The number of nitrogens with zero attached hydrogens (tertiary/aromatic N) is 4. The highest BCUT2D eigenvalue weighted by Gasteiger charge is 2.52. The molecule has 0 bridgehead atoms. The predicted molar refractivity (Wildman–Crippen MR) is 159 cm³/mol. The summed E-state index contributed by atoms with van der Waals surface area (Å²) >= 11 is 0. The van der Waals surface area contributed by atoms with Crippen molar-refractivity contribution >= 4 is 23.2 Å². The van der Waals surface area contributed by atoms with E-state index in [1.54, 1.807) is 72.4 Å². The Morgan fingerprint density at radius 2 is 1.89 bits per heavy atom. The van der Waals surface area contributed by atoms with Crippen molar-refractivity contribution in [2.24, 2.45) is 5.92 Å². The van der Waals surface area contributed by atoms with Crippen LogP contribution < -0.4 is 10.2 Å². The van der Waals surface area contributed by atoms with Crippen LogP contribution in [0.1, 0.15) is 30.2 Å². The summed E-state index contributed by atoms with van der Waals surface area (Å²) in [5, 5.41) is 71.1. The molecule has 3 heterocycles. The molecule has 7 N–H and O–H groups in total. The summed E-state index contributed by atoms with van der Waals surface area (Å²) in [7, 11) is 0. The summed E-state index contributed by atoms with van der Waals surface area (Å²) in [6, 6.07) is 13.6. The average molecular weight is 624 g/mol. The topological polar surface area (TPSA) is 211 Å². The number of carbonyl (C=O) groups is 2. The van der Waals surface area contributed by atoms with E-state index >= 15 is 0 Å². The zero-order chi connectivity index (χ0) is 32.3. The number of amides is 2. The van der Waals surface area contributed by atoms with E-state index in [4.69, 9.17) is 9.84 Å². The summed E-state index contributed by atoms with van der Waals surface area (Å²) in [6.07, 6.45) is -2.36. The lowest BCUT2D eigenvalue weighted by atomic mass is 9.83. The molecule has 14 nitrogen and oxygen atoms in total. The Balaban J connectivity index is 1.27. The van der Waals surface area contributed by atoms with E-state index in [9.17, 15) is 35.1 Å². The molecule has 45 heavy (non-hydrogen) atoms. The molecule has 1 fully saturated rings. The first-order valence-electron chi connectivity index (χ1n) is 14.6. The lowest BCUT2D eigenvalue weighted by Gasteiger charge is -2.37. The Morgan fingerprint density at radius 1 is 1.11 bits per heavy atom. The van der Waals surface area contributed by atoms with Crippen molar-refractivity contribution in [3.63, 3.8) is 0 Å². The number of nitrogens with one attached hydrogen (secondary N) is 1. The Bertz CT molecular complexity index is 1550. The van der Waals surface area contributed by atoms with Crippen molar-refractivity contribution in [2.75, 3.05) is 16.8 Å². The number of para-hydroxylation sites is 1. The second-order valence-electron chi connectivity index (χ2n) is 11.2. The molecule has 2 amide bonds. The van der Waals surface area contributed by atoms with Crippen molar-refractivity contribution in [1.29, 1.82) is 0 Å². The highest BCUT2D eigenvalue weighted by Crippen LogP contribution is 2.45. The zero-order valence-electron chi connectivity index (χ0n) is 24.5. The van der Waals surface area contributed by atoms with Gasteiger partial charge in [-0.1, -0.05) is 54.6 Å². The van der Waals surface area contributed by atoms with E-state index in [-0.39, 0.29) is 13.2 Å². The molecular formula is C31H37N5O9. The molecule has 7 atom stereocenters. The SMILES string of the molecule is C[C@H](/C=C/CCn1cc(CCO)nn1)[C@@]1(O)C(=O)N(Cc2cccc(NC(=O)[C@H]3O[C@@H](O)[C@H](O)[C@@H](O)[C@@H]3O)c2)c2ccccc21. The maximum Gasteiger partial charge on any atom is 0.264 e. The molecule has 5 rings (SSSR count). The quantitative estimate of drug-likeness (QED) is 0.136. The van der Waals surface area contributed by atoms with Gasteiger partial charge in [-0.25, -0.2) is 0 Å². The molecular weight excluding hydrogens is 586 g/mol. The average Bonchev–Trinajstić information content (AvgIpc) is 3.57. The maximum absolute atomic E-state index is 13.9. The van der Waals surface area contributed by atoms with Gasteiger partial charge >= 0.3 is 0 Å². The van der Waals surface area contributed by atoms with Crippen LogP contribution in [0.3, 0.4) is 0 Å². The molecule has 0 aliphatic carbocycles. The summed E-state index contributed by atoms with van der Waals surface area (Å²) in [4.78, 5) is 28.1. The van der Waals surface area contributed by atoms with E-state index < -0.39 is 54.0 Å². The fourth-order valence-corrected chi connectivity index (χ4v) is 5.60. The third kappa shape index (κ3) is 6.53. The van der Waals surface area contributed by atoms with Gasteiger partial charge in [-0.05, 0) is 30.2 Å². The lowest BCUT2D eigenvalue weighted by Crippen LogP contribution is -2.60. The van der Waals surface area contributed by atoms with Gasteiger partial charge < -0.3 is 45.6 Å². The number of anilines is 2. The van der Waals surface area contributed by atoms with Gasteiger partial charge in [-0.15, -0.1) is 5.10 Å². The first kappa shape index (κ1) is 32.4. The third-order valence-electron chi connectivity index (χ3n) is 8.12. The van der Waals surface area contributed by atoms with Crippen LogP contribution in [0.15, 0.2) is 66.9 Å². The molecule has 0 radical (unpaired) electrons. The highest BCUT2D eigenvalue weighted by molar-refractivity contribution is 6.07. The highest BCUT2D eigenvalue weighted by atomic mass is 16.6. The summed E-state index contributed by atoms with van der Waals surface area (Å²) < 4.78 is 6.67. The Hall–Kier alpha value is -4.02. The van der Waals surface area contributed by atoms with Crippen LogP contribution in [0, 0.1) is 5.92 Å². The van der Waals surface area contributed by atoms with Crippen LogP contribution in [0.2, 0.25) is 0 Å². The second-order valence-corrected chi connectivity index (χ2v) is 11.2. The molecule has 1 aromatic heterocycles. The summed E-state index contributed by atoms with van der Waals surface area (Å²) in [5.41, 5.74) is 0.829. The van der Waals surface area contributed by atoms with Crippen molar-refractivity contribution in [3.05, 3.63) is 83.7 Å². The van der Waals surface area contributed by atoms with Crippen molar-refractivity contribution in [2.45, 2.75) is 69.2 Å². The van der Waals surface area contributed by atoms with Crippen LogP contribution >= 0.6 is 0 Å². The normalized spacial score (nSPS) is 27.1. The number of benzene rings is 2. The van der Waals surface area contributed by atoms with Gasteiger partial charge in [0.15, 0.2) is 18.0 Å². The second kappa shape index (κ2) is 13.5. The maximum atomic E-state index is 13.9. The molecule has 0 saturated carbocycles. The molecule has 0 spiro atoms. The summed E-state index contributed by atoms with van der Waals surface area (Å²) in [5.74, 6) is -1.93. The number of hydrogen-bond donors (Lipinski definition) is 7. The molecule has 14 heteroatoms. The minimum atomic E-state index is -1.86. The van der Waals surface area contributed by atoms with Gasteiger partial charge in [-0.2, -0.15) is 0 Å². The van der Waals surface area contributed by atoms with E-state index in [0.717, 1.165) is 0 Å². The number of aliphatic hydroxyl groups is 6. The number of aryl methyl sites for hydroxylation is 1. The zero-order valence-corrected chi connectivity index (χ0v) is 24.5. The molecule has 3 aromatic rings. The van der Waals surface area contributed by atoms with Crippen LogP contribution in [-0.2, 0) is 39.4 Å². The van der Waals surface area contributed by atoms with Crippen LogP contribution in [0.25, 0.3) is 0 Å². The number of rotatable bonds is 11. The monoisotopic (exact) mass is 623 g/mol. The first-order chi connectivity index (χ1) is 21.5. The van der Waals surface area contributed by atoms with E-state index in [0.29, 0.717) is 47.6 Å². The number of allylic oxidation sites excluding steroid dienone is 1. The van der Waals surface area contributed by atoms with Crippen molar-refractivity contribution in [3.8, 4) is 0 Å². The van der Waals surface area contributed by atoms with Gasteiger partial charge in [-0.3, -0.25) is 14.3 Å². The molecule has 1 saturated heterocycles. The molecule has 240 valence electrons. The minimum Gasteiger partial charge on any atom is -0.396 e. The van der Waals surface area contributed by atoms with Gasteiger partial charge in [0.05, 0.1) is 17.9 Å². The number of ether oxygens (including phenoxy) is 1. The smallest absolute Gasteiger partial charge is 0.264 e. The van der Waals surface area contributed by atoms with Crippen molar-refractivity contribution < 1.29 is 45.0 Å². The number of aromatic nitrogens is 3. The third-order valence-corrected chi connectivity index (χ3v) is 8.12. The van der Waals surface area contributed by atoms with E-state index in [1.807, 2.05) is 6.08 Å². The Labute approximate surface area is 258 Å². The predicted octanol–water partition coefficient (Wildman–Crippen LogP) is -0.432. The molecule has 2 aliphatic rings. The van der Waals surface area contributed by atoms with Gasteiger partial charge in [0.2, 0.25) is 0 Å². The molecule has 2 aromatic carbocycles. The Kier molecular flexibility index (Phi) is 9.74. The van der Waals surface area contributed by atoms with Gasteiger partial charge in [0.1, 0.15) is 18.3 Å². The number of aliphatic hydroxyl groups excluding tert-OH is 5. The van der Waals surface area contributed by atoms with E-state index in [1.165, 1.54) is 4.90 Å². The van der Waals surface area contributed by atoms with Crippen LogP contribution in [-0.4, -0.2) is 94.8 Å². The number of carbonyl (C=O) groups excluding carboxylic acids is 2. The largest absolute Gasteiger partial charge is 0.396 e. The summed E-state index contributed by atoms with van der Waals surface area (Å²) in [6.45, 7) is 2.38. The Morgan fingerprint density at radius 3 is 2.67 bits per heavy atom. The first-order valence-corrected chi connectivity index (χ1v) is 14.6.